The third kappa shape index (κ3) is 5.24. The van der Waals surface area contributed by atoms with Gasteiger partial charge in [0, 0.05) is 43.6 Å². The molecule has 12 rings (SSSR count). The van der Waals surface area contributed by atoms with E-state index in [1.807, 2.05) is 11.3 Å². The van der Waals surface area contributed by atoms with Crippen LogP contribution < -0.4 is 14.3 Å². The number of allylic oxidation sites excluding steroid dienone is 1. The minimum Gasteiger partial charge on any atom is -0.195 e. The van der Waals surface area contributed by atoms with Crippen LogP contribution in [0.3, 0.4) is 0 Å². The first kappa shape index (κ1) is 34.9. The molecular formula is C54H45N3SSi+2. The first-order valence-corrected chi connectivity index (χ1v) is 25.4. The summed E-state index contributed by atoms with van der Waals surface area (Å²) >= 11 is 1.94. The van der Waals surface area contributed by atoms with E-state index in [1.165, 1.54) is 97.4 Å². The fraction of sp³-hybridized carbons (Fsp3) is 0.148. The molecule has 10 aromatic rings. The minimum absolute atomic E-state index is 0.204. The third-order valence-corrected chi connectivity index (χ3v) is 16.6. The van der Waals surface area contributed by atoms with E-state index in [0.717, 1.165) is 25.0 Å². The Balaban J connectivity index is 1.23. The summed E-state index contributed by atoms with van der Waals surface area (Å²) in [6.07, 6.45) is 5.36. The van der Waals surface area contributed by atoms with Crippen molar-refractivity contribution in [1.82, 2.24) is 4.57 Å². The Morgan fingerprint density at radius 3 is 2.27 bits per heavy atom. The first-order valence-electron chi connectivity index (χ1n) is 21.1. The number of imidazole rings is 1. The zero-order valence-electron chi connectivity index (χ0n) is 33.7. The summed E-state index contributed by atoms with van der Waals surface area (Å²) < 4.78 is 10.5. The fourth-order valence-electron chi connectivity index (χ4n) is 10.5. The van der Waals surface area contributed by atoms with Crippen LogP contribution in [0.2, 0.25) is 19.6 Å². The van der Waals surface area contributed by atoms with Crippen molar-refractivity contribution in [3.8, 4) is 28.3 Å². The van der Waals surface area contributed by atoms with Crippen LogP contribution in [0.4, 0.5) is 0 Å². The van der Waals surface area contributed by atoms with Gasteiger partial charge < -0.3 is 0 Å². The zero-order valence-corrected chi connectivity index (χ0v) is 35.6. The van der Waals surface area contributed by atoms with Crippen LogP contribution in [0.15, 0.2) is 164 Å². The van der Waals surface area contributed by atoms with Crippen molar-refractivity contribution in [3.05, 3.63) is 176 Å². The SMILES string of the molecule is C=C1CC2C(CCc3ccc4c(sc5ccccc54)c3-c3n(-c4cccc5ccccc45)c4cc5ccccc5cc4[n+]31)c1ccccc1-c1ccc([Si](C)(C)C)c[n+]12. The number of aryl methyl sites for hydroxylation is 1. The smallest absolute Gasteiger partial charge is 0.195 e. The first-order chi connectivity index (χ1) is 28.8. The Morgan fingerprint density at radius 2 is 1.42 bits per heavy atom. The molecule has 0 saturated heterocycles. The molecule has 5 heteroatoms. The molecule has 3 nitrogen and oxygen atoms in total. The molecule has 284 valence electrons. The van der Waals surface area contributed by atoms with Crippen LogP contribution in [0.1, 0.15) is 35.9 Å². The highest BCUT2D eigenvalue weighted by molar-refractivity contribution is 7.26. The second-order valence-electron chi connectivity index (χ2n) is 17.8. The molecule has 2 unspecified atom stereocenters. The number of hydrogen-bond donors (Lipinski definition) is 0. The lowest BCUT2D eigenvalue weighted by molar-refractivity contribution is -0.719. The molecule has 0 spiro atoms. The lowest BCUT2D eigenvalue weighted by atomic mass is 9.77. The number of hydrogen-bond acceptors (Lipinski definition) is 1. The average molecular weight is 796 g/mol. The van der Waals surface area contributed by atoms with Gasteiger partial charge in [-0.15, -0.1) is 11.3 Å². The van der Waals surface area contributed by atoms with E-state index in [-0.39, 0.29) is 6.04 Å². The summed E-state index contributed by atoms with van der Waals surface area (Å²) in [5, 5.41) is 9.09. The molecule has 2 aliphatic heterocycles. The second kappa shape index (κ2) is 12.9. The van der Waals surface area contributed by atoms with Crippen LogP contribution in [0.25, 0.3) is 86.8 Å². The summed E-state index contributed by atoms with van der Waals surface area (Å²) in [6, 6.07) is 57.4. The van der Waals surface area contributed by atoms with Gasteiger partial charge in [0.2, 0.25) is 5.69 Å². The van der Waals surface area contributed by atoms with Gasteiger partial charge >= 0.3 is 5.82 Å². The predicted octanol–water partition coefficient (Wildman–Crippen LogP) is 12.9. The highest BCUT2D eigenvalue weighted by Gasteiger charge is 2.44. The highest BCUT2D eigenvalue weighted by Crippen LogP contribution is 2.48. The quantitative estimate of drug-likeness (QED) is 0.122. The number of pyridine rings is 1. The summed E-state index contributed by atoms with van der Waals surface area (Å²) in [4.78, 5) is 0. The summed E-state index contributed by atoms with van der Waals surface area (Å²) in [6.45, 7) is 12.6. The van der Waals surface area contributed by atoms with Gasteiger partial charge in [0.05, 0.1) is 24.8 Å². The van der Waals surface area contributed by atoms with E-state index in [2.05, 4.69) is 191 Å². The number of nitrogens with zero attached hydrogens (tertiary/aromatic N) is 3. The van der Waals surface area contributed by atoms with E-state index in [1.54, 1.807) is 0 Å². The fourth-order valence-corrected chi connectivity index (χ4v) is 12.9. The molecule has 0 aliphatic carbocycles. The lowest BCUT2D eigenvalue weighted by Gasteiger charge is -2.32. The average Bonchev–Trinajstić information content (AvgIpc) is 3.79. The van der Waals surface area contributed by atoms with Gasteiger partial charge in [-0.2, -0.15) is 13.7 Å². The topological polar surface area (TPSA) is 12.7 Å². The summed E-state index contributed by atoms with van der Waals surface area (Å²) in [5.41, 5.74) is 11.6. The van der Waals surface area contributed by atoms with Crippen LogP contribution in [0, 0.1) is 0 Å². The predicted molar refractivity (Wildman–Crippen MR) is 252 cm³/mol. The molecule has 0 radical (unpaired) electrons. The highest BCUT2D eigenvalue weighted by atomic mass is 32.1. The van der Waals surface area contributed by atoms with Crippen molar-refractivity contribution in [3.63, 3.8) is 0 Å². The van der Waals surface area contributed by atoms with E-state index in [0.29, 0.717) is 5.92 Å². The summed E-state index contributed by atoms with van der Waals surface area (Å²) in [5.74, 6) is 1.51. The van der Waals surface area contributed by atoms with Crippen LogP contribution >= 0.6 is 11.3 Å². The Labute approximate surface area is 349 Å². The normalized spacial score (nSPS) is 16.6. The van der Waals surface area contributed by atoms with Gasteiger partial charge in [0.15, 0.2) is 23.3 Å². The van der Waals surface area contributed by atoms with Gasteiger partial charge in [-0.05, 0) is 70.5 Å². The van der Waals surface area contributed by atoms with Crippen LogP contribution in [-0.2, 0) is 6.42 Å². The molecule has 59 heavy (non-hydrogen) atoms. The number of thiophene rings is 1. The second-order valence-corrected chi connectivity index (χ2v) is 23.9. The van der Waals surface area contributed by atoms with Crippen molar-refractivity contribution in [1.29, 1.82) is 0 Å². The van der Waals surface area contributed by atoms with Crippen molar-refractivity contribution in [2.24, 2.45) is 0 Å². The van der Waals surface area contributed by atoms with Crippen molar-refractivity contribution in [2.75, 3.05) is 0 Å². The molecule has 0 N–H and O–H groups in total. The number of fused-ring (bicyclic) bond motifs is 17. The van der Waals surface area contributed by atoms with E-state index in [9.17, 15) is 0 Å². The summed E-state index contributed by atoms with van der Waals surface area (Å²) in [7, 11) is -1.61. The van der Waals surface area contributed by atoms with Crippen LogP contribution in [-0.4, -0.2) is 12.6 Å². The molecule has 0 bridgehead atoms. The maximum atomic E-state index is 5.16. The number of rotatable bonds is 2. The van der Waals surface area contributed by atoms with Crippen molar-refractivity contribution >= 4 is 83.0 Å². The van der Waals surface area contributed by atoms with E-state index < -0.39 is 8.07 Å². The van der Waals surface area contributed by atoms with Crippen LogP contribution in [0.5, 0.6) is 0 Å². The Morgan fingerprint density at radius 1 is 0.695 bits per heavy atom. The molecule has 2 aliphatic rings. The lowest BCUT2D eigenvalue weighted by Crippen LogP contribution is -2.53. The monoisotopic (exact) mass is 795 g/mol. The van der Waals surface area contributed by atoms with Gasteiger partial charge in [0.25, 0.3) is 0 Å². The molecule has 5 heterocycles. The van der Waals surface area contributed by atoms with Gasteiger partial charge in [-0.1, -0.05) is 141 Å². The van der Waals surface area contributed by atoms with Crippen molar-refractivity contribution in [2.45, 2.75) is 50.9 Å². The Bertz CT molecular complexity index is 3390. The number of benzene rings is 7. The zero-order chi connectivity index (χ0) is 39.6. The standard InChI is InChI=1S/C54H45N3SSi/c1-34-30-48-43(41-19-9-10-20-42(41)46-29-26-39(33-55(46)48)59(2,3)4)27-24-36-25-28-45-44-21-11-12-23-51(44)58-53(45)52(36)54-56(34)49-31-37-15-5-6-16-38(37)32-50(49)57(54)47-22-13-17-35-14-7-8-18-40(35)47/h5-23,25-26,28-29,31-33,43,48H,1,24,27,30H2,2-4H3/q+2. The molecule has 0 amide bonds. The Kier molecular flexibility index (Phi) is 7.64. The minimum atomic E-state index is -1.61. The molecule has 0 fully saturated rings. The van der Waals surface area contributed by atoms with Gasteiger partial charge in [-0.3, -0.25) is 0 Å². The van der Waals surface area contributed by atoms with Gasteiger partial charge in [-0.25, -0.2) is 0 Å². The number of aromatic nitrogens is 3. The maximum Gasteiger partial charge on any atom is 0.301 e. The molecular weight excluding hydrogens is 751 g/mol. The Hall–Kier alpha value is -6.14. The molecule has 3 aromatic heterocycles. The van der Waals surface area contributed by atoms with Gasteiger partial charge in [0.1, 0.15) is 11.4 Å². The largest absolute Gasteiger partial charge is 0.301 e. The van der Waals surface area contributed by atoms with E-state index >= 15 is 0 Å². The molecule has 2 atom stereocenters. The molecule has 0 saturated carbocycles. The van der Waals surface area contributed by atoms with E-state index in [4.69, 9.17) is 6.58 Å². The maximum absolute atomic E-state index is 5.16. The third-order valence-electron chi connectivity index (χ3n) is 13.4. The molecule has 7 aromatic carbocycles. The van der Waals surface area contributed by atoms with Crippen molar-refractivity contribution < 1.29 is 9.13 Å².